The van der Waals surface area contributed by atoms with E-state index in [1.165, 1.54) is 0 Å². The van der Waals surface area contributed by atoms with E-state index in [4.69, 9.17) is 10.5 Å². The molecule has 1 atom stereocenters. The van der Waals surface area contributed by atoms with Crippen molar-refractivity contribution in [1.82, 2.24) is 5.32 Å². The Morgan fingerprint density at radius 1 is 1.32 bits per heavy atom. The number of nitrogens with two attached hydrogens (primary N) is 1. The van der Waals surface area contributed by atoms with E-state index in [2.05, 4.69) is 5.32 Å². The van der Waals surface area contributed by atoms with Crippen molar-refractivity contribution in [3.05, 3.63) is 35.4 Å². The largest absolute Gasteiger partial charge is 0.380 e. The Labute approximate surface area is 115 Å². The number of amides is 1. The number of hydrogen-bond donors (Lipinski definition) is 2. The van der Waals surface area contributed by atoms with Gasteiger partial charge in [0, 0.05) is 19.7 Å². The van der Waals surface area contributed by atoms with Gasteiger partial charge in [-0.2, -0.15) is 0 Å². The van der Waals surface area contributed by atoms with Crippen LogP contribution in [-0.2, 0) is 22.6 Å². The van der Waals surface area contributed by atoms with E-state index in [9.17, 15) is 4.79 Å². The van der Waals surface area contributed by atoms with Gasteiger partial charge < -0.3 is 15.8 Å². The third kappa shape index (κ3) is 5.01. The average molecular weight is 264 g/mol. The second-order valence-corrected chi connectivity index (χ2v) is 5.00. The summed E-state index contributed by atoms with van der Waals surface area (Å²) in [6.45, 7) is 4.80. The van der Waals surface area contributed by atoms with E-state index in [0.29, 0.717) is 19.6 Å². The number of ether oxygens (including phenoxy) is 1. The highest BCUT2D eigenvalue weighted by molar-refractivity contribution is 5.79. The first-order valence-corrected chi connectivity index (χ1v) is 6.64. The van der Waals surface area contributed by atoms with E-state index in [1.807, 2.05) is 38.1 Å². The van der Waals surface area contributed by atoms with Crippen molar-refractivity contribution in [2.75, 3.05) is 13.7 Å². The lowest BCUT2D eigenvalue weighted by Crippen LogP contribution is -2.39. The van der Waals surface area contributed by atoms with Crippen LogP contribution in [0.15, 0.2) is 24.3 Å². The summed E-state index contributed by atoms with van der Waals surface area (Å²) < 4.78 is 5.18. The zero-order valence-electron chi connectivity index (χ0n) is 12.0. The minimum absolute atomic E-state index is 0.0183. The second kappa shape index (κ2) is 7.92. The molecule has 0 bridgehead atoms. The van der Waals surface area contributed by atoms with Crippen molar-refractivity contribution in [3.8, 4) is 0 Å². The molecule has 4 nitrogen and oxygen atoms in total. The number of benzene rings is 1. The van der Waals surface area contributed by atoms with Gasteiger partial charge in [-0.05, 0) is 31.4 Å². The van der Waals surface area contributed by atoms with E-state index < -0.39 is 0 Å². The molecule has 0 saturated heterocycles. The van der Waals surface area contributed by atoms with Gasteiger partial charge in [0.05, 0.1) is 12.5 Å². The lowest BCUT2D eigenvalue weighted by atomic mass is 9.95. The van der Waals surface area contributed by atoms with E-state index >= 15 is 0 Å². The Hall–Kier alpha value is -1.39. The summed E-state index contributed by atoms with van der Waals surface area (Å²) in [6, 6.07) is 8.13. The normalized spacial score (nSPS) is 12.5. The van der Waals surface area contributed by atoms with Gasteiger partial charge in [-0.3, -0.25) is 4.79 Å². The van der Waals surface area contributed by atoms with Crippen LogP contribution in [0.5, 0.6) is 0 Å². The van der Waals surface area contributed by atoms with Crippen LogP contribution >= 0.6 is 0 Å². The lowest BCUT2D eigenvalue weighted by molar-refractivity contribution is -0.125. The van der Waals surface area contributed by atoms with Gasteiger partial charge >= 0.3 is 0 Å². The van der Waals surface area contributed by atoms with Crippen LogP contribution in [0, 0.1) is 5.92 Å². The van der Waals surface area contributed by atoms with Crippen LogP contribution in [0.3, 0.4) is 0 Å². The molecule has 0 saturated carbocycles. The van der Waals surface area contributed by atoms with Crippen molar-refractivity contribution in [3.63, 3.8) is 0 Å². The van der Waals surface area contributed by atoms with Gasteiger partial charge in [-0.15, -0.1) is 0 Å². The molecule has 0 spiro atoms. The molecule has 1 amide bonds. The molecule has 0 aromatic heterocycles. The van der Waals surface area contributed by atoms with E-state index in [0.717, 1.165) is 11.1 Å². The molecule has 0 aliphatic heterocycles. The fraction of sp³-hybridized carbons (Fsp3) is 0.533. The van der Waals surface area contributed by atoms with Crippen molar-refractivity contribution in [1.29, 1.82) is 0 Å². The molecule has 0 fully saturated rings. The van der Waals surface area contributed by atoms with Gasteiger partial charge in [-0.25, -0.2) is 0 Å². The number of carbonyl (C=O) groups is 1. The summed E-state index contributed by atoms with van der Waals surface area (Å²) in [6.07, 6.45) is 0.647. The zero-order valence-corrected chi connectivity index (χ0v) is 12.0. The molecule has 4 heteroatoms. The molecule has 1 aromatic carbocycles. The number of methoxy groups -OCH3 is 1. The minimum Gasteiger partial charge on any atom is -0.380 e. The predicted octanol–water partition coefficient (Wildman–Crippen LogP) is 1.48. The minimum atomic E-state index is -0.194. The van der Waals surface area contributed by atoms with Gasteiger partial charge in [0.25, 0.3) is 0 Å². The molecular formula is C15H24N2O2. The van der Waals surface area contributed by atoms with Gasteiger partial charge in [-0.1, -0.05) is 24.3 Å². The van der Waals surface area contributed by atoms with Crippen molar-refractivity contribution in [2.45, 2.75) is 32.9 Å². The summed E-state index contributed by atoms with van der Waals surface area (Å²) in [5.74, 6) is -0.176. The third-order valence-electron chi connectivity index (χ3n) is 2.97. The highest BCUT2D eigenvalue weighted by Crippen LogP contribution is 2.15. The average Bonchev–Trinajstić information content (AvgIpc) is 2.37. The van der Waals surface area contributed by atoms with Gasteiger partial charge in [0.2, 0.25) is 5.91 Å². The molecule has 3 N–H and O–H groups in total. The molecule has 0 aliphatic carbocycles. The number of hydrogen-bond acceptors (Lipinski definition) is 3. The fourth-order valence-corrected chi connectivity index (χ4v) is 2.00. The molecule has 0 aliphatic rings. The van der Waals surface area contributed by atoms with Crippen LogP contribution in [0.4, 0.5) is 0 Å². The summed E-state index contributed by atoms with van der Waals surface area (Å²) in [5, 5.41) is 2.92. The topological polar surface area (TPSA) is 64.3 Å². The molecule has 1 aromatic rings. The maximum atomic E-state index is 12.0. The van der Waals surface area contributed by atoms with Gasteiger partial charge in [0.15, 0.2) is 0 Å². The number of rotatable bonds is 7. The maximum Gasteiger partial charge on any atom is 0.224 e. The van der Waals surface area contributed by atoms with E-state index in [-0.39, 0.29) is 17.9 Å². The summed E-state index contributed by atoms with van der Waals surface area (Å²) in [5.41, 5.74) is 7.96. The lowest BCUT2D eigenvalue weighted by Gasteiger charge is -2.18. The number of nitrogens with one attached hydrogen (secondary N) is 1. The van der Waals surface area contributed by atoms with Crippen molar-refractivity contribution in [2.24, 2.45) is 11.7 Å². The Bertz CT molecular complexity index is 405. The summed E-state index contributed by atoms with van der Waals surface area (Å²) in [4.78, 5) is 12.0. The van der Waals surface area contributed by atoms with Crippen molar-refractivity contribution < 1.29 is 9.53 Å². The Morgan fingerprint density at radius 2 is 1.95 bits per heavy atom. The first-order chi connectivity index (χ1) is 9.08. The maximum absolute atomic E-state index is 12.0. The van der Waals surface area contributed by atoms with E-state index in [1.54, 1.807) is 7.11 Å². The molecule has 19 heavy (non-hydrogen) atoms. The molecular weight excluding hydrogens is 240 g/mol. The Balaban J connectivity index is 2.77. The van der Waals surface area contributed by atoms with Crippen LogP contribution in [-0.4, -0.2) is 25.6 Å². The SMILES string of the molecule is COCc1ccccc1CC(CN)C(=O)NC(C)C. The fourth-order valence-electron chi connectivity index (χ4n) is 2.00. The highest BCUT2D eigenvalue weighted by atomic mass is 16.5. The first-order valence-electron chi connectivity index (χ1n) is 6.64. The molecule has 0 radical (unpaired) electrons. The quantitative estimate of drug-likeness (QED) is 0.784. The third-order valence-corrected chi connectivity index (χ3v) is 2.97. The Morgan fingerprint density at radius 3 is 2.47 bits per heavy atom. The zero-order chi connectivity index (χ0) is 14.3. The Kier molecular flexibility index (Phi) is 6.53. The number of carbonyl (C=O) groups excluding carboxylic acids is 1. The smallest absolute Gasteiger partial charge is 0.224 e. The summed E-state index contributed by atoms with van der Waals surface area (Å²) >= 11 is 0. The van der Waals surface area contributed by atoms with Crippen molar-refractivity contribution >= 4 is 5.91 Å². The first kappa shape index (κ1) is 15.7. The molecule has 1 unspecified atom stereocenters. The molecule has 106 valence electrons. The monoisotopic (exact) mass is 264 g/mol. The standard InChI is InChI=1S/C15H24N2O2/c1-11(2)17-15(18)14(9-16)8-12-6-4-5-7-13(12)10-19-3/h4-7,11,14H,8-10,16H2,1-3H3,(H,17,18). The molecule has 1 rings (SSSR count). The van der Waals surface area contributed by atoms with Crippen LogP contribution in [0.2, 0.25) is 0 Å². The second-order valence-electron chi connectivity index (χ2n) is 5.00. The van der Waals surface area contributed by atoms with Crippen LogP contribution in [0.25, 0.3) is 0 Å². The highest BCUT2D eigenvalue weighted by Gasteiger charge is 2.19. The molecule has 0 heterocycles. The van der Waals surface area contributed by atoms with Crippen LogP contribution < -0.4 is 11.1 Å². The summed E-state index contributed by atoms with van der Waals surface area (Å²) in [7, 11) is 1.67. The van der Waals surface area contributed by atoms with Crippen LogP contribution in [0.1, 0.15) is 25.0 Å². The predicted molar refractivity (Wildman–Crippen MR) is 76.7 cm³/mol. The van der Waals surface area contributed by atoms with Gasteiger partial charge in [0.1, 0.15) is 0 Å².